The summed E-state index contributed by atoms with van der Waals surface area (Å²) in [5.41, 5.74) is 2.15. The van der Waals surface area contributed by atoms with Gasteiger partial charge in [-0.1, -0.05) is 41.4 Å². The summed E-state index contributed by atoms with van der Waals surface area (Å²) in [6, 6.07) is 13.4. The Kier molecular flexibility index (Phi) is 7.00. The Morgan fingerprint density at radius 3 is 2.59 bits per heavy atom. The Bertz CT molecular complexity index is 780. The Hall–Kier alpha value is -1.75. The number of ether oxygens (including phenoxy) is 1. The molecule has 0 spiro atoms. The molecule has 1 heterocycles. The van der Waals surface area contributed by atoms with Crippen LogP contribution in [0.4, 0.5) is 0 Å². The molecule has 1 fully saturated rings. The Balaban J connectivity index is 1.41. The molecule has 0 aliphatic carbocycles. The molecular weight excluding hydrogens is 383 g/mol. The van der Waals surface area contributed by atoms with E-state index in [1.165, 1.54) is 0 Å². The first-order valence-corrected chi connectivity index (χ1v) is 9.85. The molecule has 0 saturated carbocycles. The number of hydrogen-bond acceptors (Lipinski definition) is 3. The number of amides is 1. The molecule has 1 amide bonds. The minimum absolute atomic E-state index is 0.0584. The number of hydrogen-bond donors (Lipinski definition) is 1. The van der Waals surface area contributed by atoms with Crippen LogP contribution in [0.3, 0.4) is 0 Å². The Morgan fingerprint density at radius 2 is 1.89 bits per heavy atom. The minimum atomic E-state index is 0.0584. The lowest BCUT2D eigenvalue weighted by Gasteiger charge is -2.17. The van der Waals surface area contributed by atoms with Crippen molar-refractivity contribution in [2.24, 2.45) is 5.92 Å². The standard InChI is InChI=1S/C21H24Cl2N2O2/c1-27-18-5-2-15(3-6-18)11-21(26)24-12-17-8-9-25(14-17)13-16-4-7-19(22)20(23)10-16/h2-7,10,17H,8-9,11-14H2,1H3,(H,24,26). The van der Waals surface area contributed by atoms with Crippen LogP contribution in [0.5, 0.6) is 5.75 Å². The second kappa shape index (κ2) is 9.45. The normalized spacial score (nSPS) is 17.1. The number of carbonyl (C=O) groups excluding carboxylic acids is 1. The quantitative estimate of drug-likeness (QED) is 0.749. The third-order valence-corrected chi connectivity index (χ3v) is 5.61. The topological polar surface area (TPSA) is 41.6 Å². The summed E-state index contributed by atoms with van der Waals surface area (Å²) in [6.07, 6.45) is 1.48. The van der Waals surface area contributed by atoms with E-state index in [0.717, 1.165) is 42.9 Å². The molecule has 0 aromatic heterocycles. The first kappa shape index (κ1) is 20.0. The number of rotatable bonds is 7. The van der Waals surface area contributed by atoms with Gasteiger partial charge >= 0.3 is 0 Å². The van der Waals surface area contributed by atoms with E-state index in [1.54, 1.807) is 7.11 Å². The van der Waals surface area contributed by atoms with Crippen molar-refractivity contribution >= 4 is 29.1 Å². The number of halogens is 2. The van der Waals surface area contributed by atoms with E-state index < -0.39 is 0 Å². The van der Waals surface area contributed by atoms with Gasteiger partial charge in [-0.2, -0.15) is 0 Å². The van der Waals surface area contributed by atoms with E-state index >= 15 is 0 Å². The van der Waals surface area contributed by atoms with Crippen LogP contribution >= 0.6 is 23.2 Å². The van der Waals surface area contributed by atoms with Crippen molar-refractivity contribution in [2.75, 3.05) is 26.7 Å². The van der Waals surface area contributed by atoms with Crippen LogP contribution in [0, 0.1) is 5.92 Å². The molecule has 0 radical (unpaired) electrons. The first-order valence-electron chi connectivity index (χ1n) is 9.09. The van der Waals surface area contributed by atoms with Crippen LogP contribution in [0.1, 0.15) is 17.5 Å². The SMILES string of the molecule is COc1ccc(CC(=O)NCC2CCN(Cc3ccc(Cl)c(Cl)c3)C2)cc1. The zero-order valence-electron chi connectivity index (χ0n) is 15.4. The van der Waals surface area contributed by atoms with E-state index in [-0.39, 0.29) is 5.91 Å². The average molecular weight is 407 g/mol. The number of likely N-dealkylation sites (tertiary alicyclic amines) is 1. The predicted molar refractivity (Wildman–Crippen MR) is 110 cm³/mol. The van der Waals surface area contributed by atoms with Gasteiger partial charge in [0.15, 0.2) is 0 Å². The molecule has 1 unspecified atom stereocenters. The van der Waals surface area contributed by atoms with Crippen LogP contribution in [0.25, 0.3) is 0 Å². The third-order valence-electron chi connectivity index (χ3n) is 4.87. The van der Waals surface area contributed by atoms with E-state index in [4.69, 9.17) is 27.9 Å². The molecule has 1 aliphatic heterocycles. The maximum Gasteiger partial charge on any atom is 0.224 e. The molecule has 1 aliphatic rings. The fraction of sp³-hybridized carbons (Fsp3) is 0.381. The van der Waals surface area contributed by atoms with Crippen molar-refractivity contribution in [3.8, 4) is 5.75 Å². The van der Waals surface area contributed by atoms with E-state index in [0.29, 0.717) is 28.9 Å². The van der Waals surface area contributed by atoms with Gasteiger partial charge in [-0.25, -0.2) is 0 Å². The highest BCUT2D eigenvalue weighted by atomic mass is 35.5. The van der Waals surface area contributed by atoms with Crippen LogP contribution in [-0.4, -0.2) is 37.6 Å². The van der Waals surface area contributed by atoms with Crippen LogP contribution < -0.4 is 10.1 Å². The second-order valence-corrected chi connectivity index (χ2v) is 7.78. The second-order valence-electron chi connectivity index (χ2n) is 6.97. The number of nitrogens with one attached hydrogen (secondary N) is 1. The van der Waals surface area contributed by atoms with Crippen molar-refractivity contribution in [2.45, 2.75) is 19.4 Å². The largest absolute Gasteiger partial charge is 0.497 e. The fourth-order valence-corrected chi connectivity index (χ4v) is 3.69. The van der Waals surface area contributed by atoms with Gasteiger partial charge in [0.05, 0.1) is 23.6 Å². The lowest BCUT2D eigenvalue weighted by molar-refractivity contribution is -0.120. The summed E-state index contributed by atoms with van der Waals surface area (Å²) < 4.78 is 5.14. The van der Waals surface area contributed by atoms with Gasteiger partial charge in [0.1, 0.15) is 5.75 Å². The molecule has 3 rings (SSSR count). The maximum absolute atomic E-state index is 12.2. The monoisotopic (exact) mass is 406 g/mol. The maximum atomic E-state index is 12.2. The first-order chi connectivity index (χ1) is 13.0. The zero-order chi connectivity index (χ0) is 19.2. The molecule has 144 valence electrons. The summed E-state index contributed by atoms with van der Waals surface area (Å²) in [6.45, 7) is 3.57. The lowest BCUT2D eigenvalue weighted by atomic mass is 10.1. The molecule has 27 heavy (non-hydrogen) atoms. The molecule has 1 saturated heterocycles. The Morgan fingerprint density at radius 1 is 1.15 bits per heavy atom. The predicted octanol–water partition coefficient (Wildman–Crippen LogP) is 4.18. The summed E-state index contributed by atoms with van der Waals surface area (Å²) in [5, 5.41) is 4.24. The van der Waals surface area contributed by atoms with E-state index in [9.17, 15) is 4.79 Å². The molecule has 2 aromatic rings. The van der Waals surface area contributed by atoms with Crippen LogP contribution in [-0.2, 0) is 17.8 Å². The molecule has 6 heteroatoms. The minimum Gasteiger partial charge on any atom is -0.497 e. The van der Waals surface area contributed by atoms with Gasteiger partial charge in [0.25, 0.3) is 0 Å². The molecule has 1 atom stereocenters. The van der Waals surface area contributed by atoms with Crippen LogP contribution in [0.15, 0.2) is 42.5 Å². The van der Waals surface area contributed by atoms with E-state index in [1.807, 2.05) is 42.5 Å². The summed E-state index contributed by atoms with van der Waals surface area (Å²) in [7, 11) is 1.63. The third kappa shape index (κ3) is 5.86. The molecule has 2 aromatic carbocycles. The highest BCUT2D eigenvalue weighted by molar-refractivity contribution is 6.42. The number of benzene rings is 2. The average Bonchev–Trinajstić information content (AvgIpc) is 3.11. The molecule has 0 bridgehead atoms. The van der Waals surface area contributed by atoms with E-state index in [2.05, 4.69) is 10.2 Å². The van der Waals surface area contributed by atoms with Crippen molar-refractivity contribution in [1.82, 2.24) is 10.2 Å². The van der Waals surface area contributed by atoms with Crippen LogP contribution in [0.2, 0.25) is 10.0 Å². The molecular formula is C21H24Cl2N2O2. The zero-order valence-corrected chi connectivity index (χ0v) is 16.9. The van der Waals surface area contributed by atoms with Gasteiger partial charge in [-0.15, -0.1) is 0 Å². The Labute approximate surface area is 170 Å². The smallest absolute Gasteiger partial charge is 0.224 e. The highest BCUT2D eigenvalue weighted by Crippen LogP contribution is 2.25. The fourth-order valence-electron chi connectivity index (χ4n) is 3.37. The van der Waals surface area contributed by atoms with Gasteiger partial charge < -0.3 is 10.1 Å². The number of nitrogens with zero attached hydrogens (tertiary/aromatic N) is 1. The molecule has 4 nitrogen and oxygen atoms in total. The van der Waals surface area contributed by atoms with Crippen molar-refractivity contribution in [1.29, 1.82) is 0 Å². The van der Waals surface area contributed by atoms with Gasteiger partial charge in [0.2, 0.25) is 5.91 Å². The number of carbonyl (C=O) groups is 1. The lowest BCUT2D eigenvalue weighted by Crippen LogP contribution is -2.31. The summed E-state index contributed by atoms with van der Waals surface area (Å²) in [5.74, 6) is 1.34. The van der Waals surface area contributed by atoms with Crippen molar-refractivity contribution in [3.05, 3.63) is 63.6 Å². The van der Waals surface area contributed by atoms with Gasteiger partial charge in [-0.05, 0) is 54.3 Å². The number of methoxy groups -OCH3 is 1. The van der Waals surface area contributed by atoms with Gasteiger partial charge in [-0.3, -0.25) is 9.69 Å². The highest BCUT2D eigenvalue weighted by Gasteiger charge is 2.23. The van der Waals surface area contributed by atoms with Crippen molar-refractivity contribution < 1.29 is 9.53 Å². The summed E-state index contributed by atoms with van der Waals surface area (Å²) in [4.78, 5) is 14.6. The van der Waals surface area contributed by atoms with Crippen molar-refractivity contribution in [3.63, 3.8) is 0 Å². The van der Waals surface area contributed by atoms with Gasteiger partial charge in [0, 0.05) is 19.6 Å². The molecule has 1 N–H and O–H groups in total. The summed E-state index contributed by atoms with van der Waals surface area (Å²) >= 11 is 12.1.